The Bertz CT molecular complexity index is 697. The van der Waals surface area contributed by atoms with E-state index in [9.17, 15) is 8.42 Å². The molecule has 2 aromatic rings. The van der Waals surface area contributed by atoms with Crippen molar-refractivity contribution in [3.8, 4) is 0 Å². The molecule has 0 spiro atoms. The minimum atomic E-state index is -3.68. The number of hydrogen-bond acceptors (Lipinski definition) is 5. The Balaban J connectivity index is 2.18. The lowest BCUT2D eigenvalue weighted by Crippen LogP contribution is -2.24. The first kappa shape index (κ1) is 14.0. The summed E-state index contributed by atoms with van der Waals surface area (Å²) in [5, 5.41) is 3.68. The number of halogens is 1. The highest BCUT2D eigenvalue weighted by Crippen LogP contribution is 2.22. The van der Waals surface area contributed by atoms with Crippen LogP contribution in [-0.2, 0) is 16.6 Å². The van der Waals surface area contributed by atoms with Crippen LogP contribution in [0.1, 0.15) is 11.5 Å². The topological polar surface area (TPSA) is 98.2 Å². The highest BCUT2D eigenvalue weighted by Gasteiger charge is 2.18. The van der Waals surface area contributed by atoms with Crippen LogP contribution in [0.4, 0.5) is 5.69 Å². The smallest absolute Gasteiger partial charge is 0.243 e. The van der Waals surface area contributed by atoms with Crippen LogP contribution in [0.5, 0.6) is 0 Å². The van der Waals surface area contributed by atoms with Crippen molar-refractivity contribution >= 4 is 31.6 Å². The highest BCUT2D eigenvalue weighted by atomic mass is 79.9. The summed E-state index contributed by atoms with van der Waals surface area (Å²) in [6, 6.07) is 6.25. The lowest BCUT2D eigenvalue weighted by Gasteiger charge is -2.08. The van der Waals surface area contributed by atoms with E-state index in [2.05, 4.69) is 25.8 Å². The zero-order chi connectivity index (χ0) is 14.0. The van der Waals surface area contributed by atoms with Crippen molar-refractivity contribution in [3.63, 3.8) is 0 Å². The lowest BCUT2D eigenvalue weighted by atomic mass is 10.3. The molecule has 0 radical (unpaired) electrons. The third-order valence-corrected chi connectivity index (χ3v) is 4.34. The second kappa shape index (κ2) is 5.32. The van der Waals surface area contributed by atoms with Gasteiger partial charge in [0, 0.05) is 10.5 Å². The second-order valence-electron chi connectivity index (χ2n) is 3.94. The molecule has 0 bridgehead atoms. The van der Waals surface area contributed by atoms with Gasteiger partial charge in [-0.25, -0.2) is 13.1 Å². The third-order valence-electron chi connectivity index (χ3n) is 2.37. The molecular formula is C11H12BrN3O3S. The van der Waals surface area contributed by atoms with Crippen LogP contribution in [-0.4, -0.2) is 13.6 Å². The molecule has 1 heterocycles. The van der Waals surface area contributed by atoms with E-state index in [1.54, 1.807) is 19.1 Å². The number of aromatic nitrogens is 1. The molecule has 0 saturated carbocycles. The monoisotopic (exact) mass is 345 g/mol. The zero-order valence-corrected chi connectivity index (χ0v) is 12.5. The molecule has 2 rings (SSSR count). The number of aryl methyl sites for hydroxylation is 1. The minimum absolute atomic E-state index is 0.0265. The fourth-order valence-corrected chi connectivity index (χ4v) is 2.99. The quantitative estimate of drug-likeness (QED) is 0.823. The maximum Gasteiger partial charge on any atom is 0.243 e. The first-order valence-electron chi connectivity index (χ1n) is 5.35. The Kier molecular flexibility index (Phi) is 3.93. The van der Waals surface area contributed by atoms with E-state index in [0.717, 1.165) is 4.47 Å². The molecule has 19 heavy (non-hydrogen) atoms. The fourth-order valence-electron chi connectivity index (χ4n) is 1.51. The number of nitrogens with one attached hydrogen (secondary N) is 1. The van der Waals surface area contributed by atoms with Gasteiger partial charge in [0.05, 0.1) is 17.9 Å². The first-order chi connectivity index (χ1) is 8.88. The standard InChI is InChI=1S/C11H12BrN3O3S/c1-7-4-9(18-15-7)6-14-19(16,17)11-3-2-8(12)5-10(11)13/h2-5,14H,6,13H2,1H3. The predicted octanol–water partition coefficient (Wildman–Crippen LogP) is 1.81. The summed E-state index contributed by atoms with van der Waals surface area (Å²) in [7, 11) is -3.68. The van der Waals surface area contributed by atoms with Gasteiger partial charge in [-0.2, -0.15) is 0 Å². The molecule has 0 amide bonds. The number of hydrogen-bond donors (Lipinski definition) is 2. The van der Waals surface area contributed by atoms with Crippen molar-refractivity contribution in [2.75, 3.05) is 5.73 Å². The molecule has 0 aliphatic rings. The van der Waals surface area contributed by atoms with Gasteiger partial charge in [0.2, 0.25) is 10.0 Å². The van der Waals surface area contributed by atoms with Crippen molar-refractivity contribution in [2.24, 2.45) is 0 Å². The van der Waals surface area contributed by atoms with Gasteiger partial charge < -0.3 is 10.3 Å². The number of nitrogen functional groups attached to an aromatic ring is 1. The van der Waals surface area contributed by atoms with Crippen LogP contribution in [0.2, 0.25) is 0 Å². The van der Waals surface area contributed by atoms with Gasteiger partial charge in [0.15, 0.2) is 5.76 Å². The summed E-state index contributed by atoms with van der Waals surface area (Å²) in [4.78, 5) is 0.0342. The van der Waals surface area contributed by atoms with E-state index in [1.165, 1.54) is 12.1 Å². The molecule has 1 aromatic carbocycles. The third kappa shape index (κ3) is 3.34. The average Bonchev–Trinajstić information content (AvgIpc) is 2.72. The molecule has 3 N–H and O–H groups in total. The van der Waals surface area contributed by atoms with Gasteiger partial charge in [-0.1, -0.05) is 21.1 Å². The molecule has 0 unspecified atom stereocenters. The van der Waals surface area contributed by atoms with Gasteiger partial charge in [-0.3, -0.25) is 0 Å². The van der Waals surface area contributed by atoms with Gasteiger partial charge in [0.25, 0.3) is 0 Å². The molecule has 102 valence electrons. The molecule has 0 atom stereocenters. The van der Waals surface area contributed by atoms with Gasteiger partial charge in [-0.05, 0) is 25.1 Å². The van der Waals surface area contributed by atoms with Crippen LogP contribution in [0.15, 0.2) is 38.2 Å². The minimum Gasteiger partial charge on any atom is -0.398 e. The first-order valence-corrected chi connectivity index (χ1v) is 7.63. The summed E-state index contributed by atoms with van der Waals surface area (Å²) in [5.41, 5.74) is 6.56. The number of sulfonamides is 1. The van der Waals surface area contributed by atoms with Crippen LogP contribution in [0.3, 0.4) is 0 Å². The van der Waals surface area contributed by atoms with Crippen molar-refractivity contribution < 1.29 is 12.9 Å². The predicted molar refractivity (Wildman–Crippen MR) is 73.8 cm³/mol. The Morgan fingerprint density at radius 3 is 2.74 bits per heavy atom. The Morgan fingerprint density at radius 2 is 2.16 bits per heavy atom. The number of benzene rings is 1. The molecule has 0 aliphatic heterocycles. The van der Waals surface area contributed by atoms with Crippen molar-refractivity contribution in [3.05, 3.63) is 40.2 Å². The summed E-state index contributed by atoms with van der Waals surface area (Å²) < 4.78 is 32.2. The number of nitrogens with zero attached hydrogens (tertiary/aromatic N) is 1. The van der Waals surface area contributed by atoms with Crippen molar-refractivity contribution in [1.82, 2.24) is 9.88 Å². The van der Waals surface area contributed by atoms with Gasteiger partial charge in [0.1, 0.15) is 4.90 Å². The Hall–Kier alpha value is -1.38. The summed E-state index contributed by atoms with van der Waals surface area (Å²) in [6.45, 7) is 1.78. The maximum absolute atomic E-state index is 12.1. The van der Waals surface area contributed by atoms with Crippen LogP contribution >= 0.6 is 15.9 Å². The maximum atomic E-state index is 12.1. The van der Waals surface area contributed by atoms with Gasteiger partial charge in [-0.15, -0.1) is 0 Å². The van der Waals surface area contributed by atoms with Crippen LogP contribution < -0.4 is 10.5 Å². The SMILES string of the molecule is Cc1cc(CNS(=O)(=O)c2ccc(Br)cc2N)on1. The molecule has 8 heteroatoms. The van der Waals surface area contributed by atoms with Crippen LogP contribution in [0.25, 0.3) is 0 Å². The summed E-state index contributed by atoms with van der Waals surface area (Å²) in [6.07, 6.45) is 0. The second-order valence-corrected chi connectivity index (χ2v) is 6.59. The summed E-state index contributed by atoms with van der Waals surface area (Å²) >= 11 is 3.22. The van der Waals surface area contributed by atoms with Gasteiger partial charge >= 0.3 is 0 Å². The summed E-state index contributed by atoms with van der Waals surface area (Å²) in [5.74, 6) is 0.441. The lowest BCUT2D eigenvalue weighted by molar-refractivity contribution is 0.377. The van der Waals surface area contributed by atoms with E-state index in [0.29, 0.717) is 11.5 Å². The molecule has 1 aromatic heterocycles. The highest BCUT2D eigenvalue weighted by molar-refractivity contribution is 9.10. The zero-order valence-electron chi connectivity index (χ0n) is 10.1. The average molecular weight is 346 g/mol. The Labute approximate surface area is 119 Å². The van der Waals surface area contributed by atoms with E-state index >= 15 is 0 Å². The van der Waals surface area contributed by atoms with Crippen LogP contribution in [0, 0.1) is 6.92 Å². The molecule has 0 fully saturated rings. The molecule has 6 nitrogen and oxygen atoms in total. The number of anilines is 1. The van der Waals surface area contributed by atoms with Crippen molar-refractivity contribution in [1.29, 1.82) is 0 Å². The normalized spacial score (nSPS) is 11.7. The molecular weight excluding hydrogens is 334 g/mol. The number of nitrogens with two attached hydrogens (primary N) is 1. The van der Waals surface area contributed by atoms with E-state index < -0.39 is 10.0 Å². The largest absolute Gasteiger partial charge is 0.398 e. The van der Waals surface area contributed by atoms with Crippen molar-refractivity contribution in [2.45, 2.75) is 18.4 Å². The fraction of sp³-hybridized carbons (Fsp3) is 0.182. The van der Waals surface area contributed by atoms with E-state index in [4.69, 9.17) is 10.3 Å². The Morgan fingerprint density at radius 1 is 1.42 bits per heavy atom. The van der Waals surface area contributed by atoms with E-state index in [1.807, 2.05) is 0 Å². The number of rotatable bonds is 4. The molecule has 0 aliphatic carbocycles. The molecule has 0 saturated heterocycles. The van der Waals surface area contributed by atoms with E-state index in [-0.39, 0.29) is 17.1 Å².